The molecule has 0 fully saturated rings. The standard InChI is InChI=1S/C14H16N2O5/c1-16(6-2-3-13(18)19)14(20)9-4-5-10-11(7-9)21-8-12(17)15-10/h4-5,7H,2-3,6,8H2,1H3,(H,15,17)(H,18,19). The molecule has 1 aliphatic rings. The summed E-state index contributed by atoms with van der Waals surface area (Å²) in [6, 6.07) is 4.79. The van der Waals surface area contributed by atoms with E-state index < -0.39 is 5.97 Å². The second-order valence-corrected chi connectivity index (χ2v) is 4.77. The summed E-state index contributed by atoms with van der Waals surface area (Å²) in [5.74, 6) is -0.871. The van der Waals surface area contributed by atoms with Crippen LogP contribution < -0.4 is 10.1 Å². The molecule has 1 aromatic carbocycles. The molecule has 0 aliphatic carbocycles. The number of carbonyl (C=O) groups excluding carboxylic acids is 2. The maximum Gasteiger partial charge on any atom is 0.303 e. The molecule has 1 heterocycles. The molecule has 0 aromatic heterocycles. The maximum absolute atomic E-state index is 12.2. The largest absolute Gasteiger partial charge is 0.482 e. The Balaban J connectivity index is 2.02. The van der Waals surface area contributed by atoms with Gasteiger partial charge in [-0.05, 0) is 24.6 Å². The van der Waals surface area contributed by atoms with Crippen LogP contribution >= 0.6 is 0 Å². The zero-order valence-electron chi connectivity index (χ0n) is 11.6. The summed E-state index contributed by atoms with van der Waals surface area (Å²) in [4.78, 5) is 35.3. The first-order valence-electron chi connectivity index (χ1n) is 6.51. The van der Waals surface area contributed by atoms with Crippen LogP contribution in [0.3, 0.4) is 0 Å². The molecule has 2 N–H and O–H groups in total. The van der Waals surface area contributed by atoms with Crippen LogP contribution in [0.25, 0.3) is 0 Å². The van der Waals surface area contributed by atoms with Crippen molar-refractivity contribution in [2.75, 3.05) is 25.5 Å². The van der Waals surface area contributed by atoms with E-state index in [0.29, 0.717) is 30.0 Å². The molecule has 2 amide bonds. The quantitative estimate of drug-likeness (QED) is 0.842. The van der Waals surface area contributed by atoms with E-state index in [2.05, 4.69) is 5.32 Å². The Morgan fingerprint density at radius 3 is 2.90 bits per heavy atom. The van der Waals surface area contributed by atoms with Gasteiger partial charge >= 0.3 is 5.97 Å². The third-order valence-electron chi connectivity index (χ3n) is 3.09. The van der Waals surface area contributed by atoms with Crippen molar-refractivity contribution in [1.29, 1.82) is 0 Å². The lowest BCUT2D eigenvalue weighted by Gasteiger charge is -2.20. The maximum atomic E-state index is 12.2. The average molecular weight is 292 g/mol. The minimum atomic E-state index is -0.881. The van der Waals surface area contributed by atoms with Gasteiger partial charge in [0.25, 0.3) is 11.8 Å². The lowest BCUT2D eigenvalue weighted by molar-refractivity contribution is -0.137. The molecule has 0 radical (unpaired) electrons. The Labute approximate surface area is 121 Å². The number of fused-ring (bicyclic) bond motifs is 1. The van der Waals surface area contributed by atoms with Crippen LogP contribution in [0.4, 0.5) is 5.69 Å². The molecular weight excluding hydrogens is 276 g/mol. The number of rotatable bonds is 5. The van der Waals surface area contributed by atoms with Crippen LogP contribution in [0.2, 0.25) is 0 Å². The number of carboxylic acids is 1. The van der Waals surface area contributed by atoms with Crippen molar-refractivity contribution in [2.45, 2.75) is 12.8 Å². The Bertz CT molecular complexity index is 585. The molecule has 2 rings (SSSR count). The van der Waals surface area contributed by atoms with Gasteiger partial charge < -0.3 is 20.1 Å². The Kier molecular flexibility index (Phi) is 4.42. The van der Waals surface area contributed by atoms with E-state index in [1.165, 1.54) is 4.90 Å². The number of hydrogen-bond donors (Lipinski definition) is 2. The van der Waals surface area contributed by atoms with Crippen LogP contribution in [-0.2, 0) is 9.59 Å². The summed E-state index contributed by atoms with van der Waals surface area (Å²) in [5, 5.41) is 11.2. The van der Waals surface area contributed by atoms with Gasteiger partial charge in [0, 0.05) is 25.6 Å². The van der Waals surface area contributed by atoms with E-state index in [4.69, 9.17) is 9.84 Å². The number of carboxylic acid groups (broad SMARTS) is 1. The molecule has 0 unspecified atom stereocenters. The summed E-state index contributed by atoms with van der Waals surface area (Å²) < 4.78 is 5.26. The number of ether oxygens (including phenoxy) is 1. The van der Waals surface area contributed by atoms with E-state index >= 15 is 0 Å². The lowest BCUT2D eigenvalue weighted by atomic mass is 10.1. The van der Waals surface area contributed by atoms with Gasteiger partial charge in [0.1, 0.15) is 5.75 Å². The van der Waals surface area contributed by atoms with Crippen LogP contribution in [0.15, 0.2) is 18.2 Å². The number of amides is 2. The van der Waals surface area contributed by atoms with E-state index in [-0.39, 0.29) is 24.8 Å². The molecule has 112 valence electrons. The number of anilines is 1. The van der Waals surface area contributed by atoms with Gasteiger partial charge in [-0.3, -0.25) is 14.4 Å². The fraction of sp³-hybridized carbons (Fsp3) is 0.357. The SMILES string of the molecule is CN(CCCC(=O)O)C(=O)c1ccc2c(c1)OCC(=O)N2. The number of nitrogens with zero attached hydrogens (tertiary/aromatic N) is 1. The summed E-state index contributed by atoms with van der Waals surface area (Å²) in [5.41, 5.74) is 0.971. The summed E-state index contributed by atoms with van der Waals surface area (Å²) in [6.07, 6.45) is 0.423. The van der Waals surface area contributed by atoms with E-state index in [1.54, 1.807) is 25.2 Å². The number of carbonyl (C=O) groups is 3. The highest BCUT2D eigenvalue weighted by molar-refractivity contribution is 5.98. The Morgan fingerprint density at radius 2 is 2.19 bits per heavy atom. The zero-order valence-corrected chi connectivity index (χ0v) is 11.6. The van der Waals surface area contributed by atoms with Gasteiger partial charge in [-0.2, -0.15) is 0 Å². The molecule has 0 bridgehead atoms. The molecule has 0 spiro atoms. The van der Waals surface area contributed by atoms with Gasteiger partial charge in [0.2, 0.25) is 0 Å². The molecule has 1 aliphatic heterocycles. The van der Waals surface area contributed by atoms with E-state index in [9.17, 15) is 14.4 Å². The monoisotopic (exact) mass is 292 g/mol. The molecule has 0 atom stereocenters. The fourth-order valence-corrected chi connectivity index (χ4v) is 2.00. The predicted molar refractivity (Wildman–Crippen MR) is 74.4 cm³/mol. The first-order valence-corrected chi connectivity index (χ1v) is 6.51. The Hall–Kier alpha value is -2.57. The Morgan fingerprint density at radius 1 is 1.43 bits per heavy atom. The molecule has 7 heteroatoms. The minimum absolute atomic E-state index is 0.0248. The van der Waals surface area contributed by atoms with Crippen molar-refractivity contribution in [2.24, 2.45) is 0 Å². The lowest BCUT2D eigenvalue weighted by Crippen LogP contribution is -2.29. The second-order valence-electron chi connectivity index (χ2n) is 4.77. The van der Waals surface area contributed by atoms with Crippen LogP contribution in [0.5, 0.6) is 5.75 Å². The van der Waals surface area contributed by atoms with Crippen molar-refractivity contribution >= 4 is 23.5 Å². The number of aliphatic carboxylic acids is 1. The predicted octanol–water partition coefficient (Wildman–Crippen LogP) is 0.954. The van der Waals surface area contributed by atoms with Crippen molar-refractivity contribution in [3.05, 3.63) is 23.8 Å². The summed E-state index contributed by atoms with van der Waals surface area (Å²) in [6.45, 7) is 0.291. The number of hydrogen-bond acceptors (Lipinski definition) is 4. The molecule has 0 saturated heterocycles. The third-order valence-corrected chi connectivity index (χ3v) is 3.09. The normalized spacial score (nSPS) is 12.9. The third kappa shape index (κ3) is 3.71. The summed E-state index contributed by atoms with van der Waals surface area (Å²) in [7, 11) is 1.62. The smallest absolute Gasteiger partial charge is 0.303 e. The molecule has 7 nitrogen and oxygen atoms in total. The van der Waals surface area contributed by atoms with Crippen LogP contribution in [0, 0.1) is 0 Å². The van der Waals surface area contributed by atoms with Gasteiger partial charge in [-0.25, -0.2) is 0 Å². The van der Waals surface area contributed by atoms with Gasteiger partial charge in [-0.15, -0.1) is 0 Å². The highest BCUT2D eigenvalue weighted by atomic mass is 16.5. The van der Waals surface area contributed by atoms with Gasteiger partial charge in [-0.1, -0.05) is 0 Å². The minimum Gasteiger partial charge on any atom is -0.482 e. The first kappa shape index (κ1) is 14.8. The van der Waals surface area contributed by atoms with E-state index in [0.717, 1.165) is 0 Å². The first-order chi connectivity index (χ1) is 9.97. The highest BCUT2D eigenvalue weighted by Gasteiger charge is 2.19. The fourth-order valence-electron chi connectivity index (χ4n) is 2.00. The second kappa shape index (κ2) is 6.25. The van der Waals surface area contributed by atoms with Crippen LogP contribution in [-0.4, -0.2) is 48.0 Å². The van der Waals surface area contributed by atoms with Crippen molar-refractivity contribution in [1.82, 2.24) is 4.90 Å². The zero-order chi connectivity index (χ0) is 15.4. The van der Waals surface area contributed by atoms with E-state index in [1.807, 2.05) is 0 Å². The molecule has 1 aromatic rings. The van der Waals surface area contributed by atoms with Crippen molar-refractivity contribution in [3.63, 3.8) is 0 Å². The molecular formula is C14H16N2O5. The van der Waals surface area contributed by atoms with Crippen molar-refractivity contribution < 1.29 is 24.2 Å². The van der Waals surface area contributed by atoms with Crippen molar-refractivity contribution in [3.8, 4) is 5.75 Å². The summed E-state index contributed by atoms with van der Waals surface area (Å²) >= 11 is 0. The number of benzene rings is 1. The highest BCUT2D eigenvalue weighted by Crippen LogP contribution is 2.28. The number of nitrogens with one attached hydrogen (secondary N) is 1. The molecule has 0 saturated carbocycles. The van der Waals surface area contributed by atoms with Gasteiger partial charge in [0.15, 0.2) is 6.61 Å². The van der Waals surface area contributed by atoms with Crippen LogP contribution in [0.1, 0.15) is 23.2 Å². The topological polar surface area (TPSA) is 95.9 Å². The van der Waals surface area contributed by atoms with Gasteiger partial charge in [0.05, 0.1) is 5.69 Å². The molecule has 21 heavy (non-hydrogen) atoms. The average Bonchev–Trinajstić information content (AvgIpc) is 2.45.